The van der Waals surface area contributed by atoms with Gasteiger partial charge in [-0.25, -0.2) is 0 Å². The molecule has 1 rings (SSSR count). The number of benzene rings is 1. The Hall–Kier alpha value is -2.38. The minimum Gasteiger partial charge on any atom is -0.569 e. The van der Waals surface area contributed by atoms with Gasteiger partial charge < -0.3 is 10.0 Å². The first-order chi connectivity index (χ1) is 9.10. The maximum atomic E-state index is 11.4. The van der Waals surface area contributed by atoms with Gasteiger partial charge in [-0.3, -0.25) is 10.1 Å². The summed E-state index contributed by atoms with van der Waals surface area (Å²) in [6, 6.07) is 6.15. The van der Waals surface area contributed by atoms with Gasteiger partial charge in [-0.05, 0) is 19.9 Å². The third kappa shape index (κ3) is 4.09. The fourth-order valence-corrected chi connectivity index (χ4v) is 1.48. The predicted molar refractivity (Wildman–Crippen MR) is 66.9 cm³/mol. The minimum atomic E-state index is -0.502. The van der Waals surface area contributed by atoms with Crippen molar-refractivity contribution >= 4 is 5.69 Å². The average molecular weight is 268 g/mol. The molecule has 0 aromatic heterocycles. The molecule has 0 atom stereocenters. The van der Waals surface area contributed by atoms with E-state index in [2.05, 4.69) is 5.28 Å². The molecule has 104 valence electrons. The van der Waals surface area contributed by atoms with E-state index >= 15 is 0 Å². The zero-order chi connectivity index (χ0) is 14.3. The van der Waals surface area contributed by atoms with Crippen LogP contribution >= 0.6 is 0 Å². The summed E-state index contributed by atoms with van der Waals surface area (Å²) in [7, 11) is 0. The summed E-state index contributed by atoms with van der Waals surface area (Å²) >= 11 is 0. The second kappa shape index (κ2) is 7.14. The zero-order valence-corrected chi connectivity index (χ0v) is 10.9. The third-order valence-corrected chi connectivity index (χ3v) is 2.51. The highest BCUT2D eigenvalue weighted by Crippen LogP contribution is 2.18. The van der Waals surface area contributed by atoms with Crippen LogP contribution in [-0.2, 0) is 11.4 Å². The third-order valence-electron chi connectivity index (χ3n) is 2.51. The quantitative estimate of drug-likeness (QED) is 0.327. The lowest BCUT2D eigenvalue weighted by Gasteiger charge is -2.13. The fourth-order valence-electron chi connectivity index (χ4n) is 1.48. The van der Waals surface area contributed by atoms with Gasteiger partial charge in [0.25, 0.3) is 5.69 Å². The van der Waals surface area contributed by atoms with Gasteiger partial charge in [-0.15, -0.1) is 5.01 Å². The number of para-hydroxylation sites is 1. The Kier molecular flexibility index (Phi) is 5.52. The van der Waals surface area contributed by atoms with E-state index in [9.17, 15) is 15.3 Å². The van der Waals surface area contributed by atoms with Gasteiger partial charge in [-0.1, -0.05) is 12.1 Å². The number of nitrogens with zero attached hydrogens (tertiary/aromatic N) is 4. The Labute approximate surface area is 110 Å². The first kappa shape index (κ1) is 14.7. The molecular weight excluding hydrogens is 252 g/mol. The Balaban J connectivity index is 2.67. The molecule has 1 aromatic carbocycles. The van der Waals surface area contributed by atoms with E-state index in [1.54, 1.807) is 18.2 Å². The van der Waals surface area contributed by atoms with Gasteiger partial charge in [0, 0.05) is 6.07 Å². The first-order valence-electron chi connectivity index (χ1n) is 5.87. The normalized spacial score (nSPS) is 11.2. The van der Waals surface area contributed by atoms with Crippen molar-refractivity contribution < 1.29 is 14.7 Å². The number of rotatable bonds is 7. The van der Waals surface area contributed by atoms with Crippen molar-refractivity contribution in [2.45, 2.75) is 20.5 Å². The van der Waals surface area contributed by atoms with E-state index in [0.717, 1.165) is 0 Å². The Morgan fingerprint density at radius 3 is 2.47 bits per heavy atom. The molecule has 0 N–H and O–H groups in total. The van der Waals surface area contributed by atoms with E-state index in [1.807, 2.05) is 13.8 Å². The van der Waals surface area contributed by atoms with Crippen LogP contribution in [0.25, 0.3) is 0 Å². The summed E-state index contributed by atoms with van der Waals surface area (Å²) in [4.78, 5) is 15.4. The molecule has 0 heterocycles. The van der Waals surface area contributed by atoms with Crippen LogP contribution in [0.2, 0.25) is 0 Å². The van der Waals surface area contributed by atoms with E-state index < -0.39 is 4.92 Å². The molecule has 8 heteroatoms. The van der Waals surface area contributed by atoms with Crippen molar-refractivity contribution in [1.82, 2.24) is 5.01 Å². The minimum absolute atomic E-state index is 0.0574. The Morgan fingerprint density at radius 1 is 1.26 bits per heavy atom. The van der Waals surface area contributed by atoms with Crippen LogP contribution in [0.5, 0.6) is 0 Å². The van der Waals surface area contributed by atoms with E-state index in [4.69, 9.17) is 4.84 Å². The molecule has 0 amide bonds. The van der Waals surface area contributed by atoms with Crippen LogP contribution < -0.4 is 0 Å². The van der Waals surface area contributed by atoms with Crippen LogP contribution in [-0.4, -0.2) is 28.0 Å². The maximum absolute atomic E-state index is 11.4. The monoisotopic (exact) mass is 268 g/mol. The Morgan fingerprint density at radius 2 is 1.89 bits per heavy atom. The van der Waals surface area contributed by atoms with Crippen molar-refractivity contribution in [3.05, 3.63) is 45.2 Å². The van der Waals surface area contributed by atoms with Crippen LogP contribution in [0.4, 0.5) is 5.69 Å². The fraction of sp³-hybridized carbons (Fsp3) is 0.455. The molecule has 0 aliphatic rings. The van der Waals surface area contributed by atoms with Gasteiger partial charge in [-0.2, -0.15) is 0 Å². The molecule has 0 spiro atoms. The summed E-state index contributed by atoms with van der Waals surface area (Å²) in [6.45, 7) is 4.49. The molecular formula is C11H16N4O4. The van der Waals surface area contributed by atoms with E-state index in [1.165, 1.54) is 11.1 Å². The van der Waals surface area contributed by atoms with E-state index in [0.29, 0.717) is 23.6 Å². The summed E-state index contributed by atoms with van der Waals surface area (Å²) in [6.07, 6.45) is 0. The van der Waals surface area contributed by atoms with Gasteiger partial charge in [0.05, 0.1) is 28.5 Å². The zero-order valence-electron chi connectivity index (χ0n) is 10.9. The lowest BCUT2D eigenvalue weighted by atomic mass is 10.2. The second-order valence-corrected chi connectivity index (χ2v) is 3.63. The molecule has 0 saturated heterocycles. The molecule has 0 bridgehead atoms. The highest BCUT2D eigenvalue weighted by molar-refractivity contribution is 5.39. The standard InChI is InChI=1S/C11H16N4O4/c1-3-13(4-2)15(18)12-19-9-10-7-5-6-8-11(10)14(16)17/h5-8H,3-4,9H2,1-2H3/b15-12-. The van der Waals surface area contributed by atoms with Gasteiger partial charge in [0.15, 0.2) is 6.61 Å². The van der Waals surface area contributed by atoms with Gasteiger partial charge in [0.1, 0.15) is 0 Å². The smallest absolute Gasteiger partial charge is 0.276 e. The number of nitro groups is 1. The van der Waals surface area contributed by atoms with Crippen LogP contribution in [0.1, 0.15) is 19.4 Å². The van der Waals surface area contributed by atoms with Gasteiger partial charge >= 0.3 is 0 Å². The van der Waals surface area contributed by atoms with Crippen LogP contribution in [0.15, 0.2) is 29.5 Å². The molecule has 19 heavy (non-hydrogen) atoms. The molecule has 0 aliphatic heterocycles. The molecule has 0 fully saturated rings. The lowest BCUT2D eigenvalue weighted by molar-refractivity contribution is -0.710. The van der Waals surface area contributed by atoms with Crippen molar-refractivity contribution in [3.63, 3.8) is 0 Å². The van der Waals surface area contributed by atoms with Crippen molar-refractivity contribution in [2.75, 3.05) is 13.1 Å². The highest BCUT2D eigenvalue weighted by Gasteiger charge is 2.13. The summed E-state index contributed by atoms with van der Waals surface area (Å²) in [5, 5.41) is 26.9. The summed E-state index contributed by atoms with van der Waals surface area (Å²) in [5.74, 6) is 0. The SMILES string of the molecule is CCN(CC)/[N+]([O-])=N/OCc1ccccc1[N+](=O)[O-]. The lowest BCUT2D eigenvalue weighted by Crippen LogP contribution is -2.30. The highest BCUT2D eigenvalue weighted by atomic mass is 16.7. The largest absolute Gasteiger partial charge is 0.569 e. The Bertz CT molecular complexity index is 460. The number of hydrazine groups is 1. The molecule has 0 aliphatic carbocycles. The summed E-state index contributed by atoms with van der Waals surface area (Å²) < 4.78 is 0. The van der Waals surface area contributed by atoms with Crippen molar-refractivity contribution in [1.29, 1.82) is 0 Å². The number of hydrogen-bond acceptors (Lipinski definition) is 5. The maximum Gasteiger partial charge on any atom is 0.276 e. The summed E-state index contributed by atoms with van der Waals surface area (Å²) in [5.41, 5.74) is 0.308. The van der Waals surface area contributed by atoms with Crippen molar-refractivity contribution in [3.8, 4) is 0 Å². The second-order valence-electron chi connectivity index (χ2n) is 3.63. The molecule has 0 unspecified atom stereocenters. The van der Waals surface area contributed by atoms with Crippen molar-refractivity contribution in [2.24, 2.45) is 5.28 Å². The molecule has 0 saturated carbocycles. The number of nitro benzene ring substituents is 1. The van der Waals surface area contributed by atoms with Gasteiger partial charge in [0.2, 0.25) is 5.28 Å². The predicted octanol–water partition coefficient (Wildman–Crippen LogP) is 2.25. The molecule has 0 radical (unpaired) electrons. The van der Waals surface area contributed by atoms with E-state index in [-0.39, 0.29) is 12.3 Å². The van der Waals surface area contributed by atoms with Crippen LogP contribution in [0.3, 0.4) is 0 Å². The van der Waals surface area contributed by atoms with Crippen LogP contribution in [0, 0.1) is 15.3 Å². The average Bonchev–Trinajstić information content (AvgIpc) is 2.40. The molecule has 8 nitrogen and oxygen atoms in total. The first-order valence-corrected chi connectivity index (χ1v) is 5.87. The topological polar surface area (TPSA) is 94.0 Å². The number of hydrogen-bond donors (Lipinski definition) is 0. The molecule has 1 aromatic rings.